The third-order valence-electron chi connectivity index (χ3n) is 9.86. The molecule has 0 aromatic heterocycles. The summed E-state index contributed by atoms with van der Waals surface area (Å²) in [5.41, 5.74) is 17.5. The summed E-state index contributed by atoms with van der Waals surface area (Å²) in [6.07, 6.45) is 6.71. The molecule has 0 bridgehead atoms. The molecule has 248 valence electrons. The summed E-state index contributed by atoms with van der Waals surface area (Å²) in [7, 11) is 0. The van der Waals surface area contributed by atoms with Crippen molar-refractivity contribution < 1.29 is 0 Å². The van der Waals surface area contributed by atoms with Crippen molar-refractivity contribution in [2.24, 2.45) is 9.98 Å². The monoisotopic (exact) mass is 658 g/mol. The Bertz CT molecular complexity index is 2300. The van der Waals surface area contributed by atoms with E-state index in [0.29, 0.717) is 11.5 Å². The van der Waals surface area contributed by atoms with Crippen molar-refractivity contribution in [2.45, 2.75) is 33.6 Å². The lowest BCUT2D eigenvalue weighted by Crippen LogP contribution is -2.04. The standard InChI is InChI=1S/C49H42N2/c1-34-45(42-28-26-41(27-29-42)40-20-12-7-13-21-40)22-14-24-47(34)48-25-15-23-46(35(48)2)43-30-32-44(33-31-43)49(50-36(3)38-16-8-5-9-17-38)51-37(4)39-18-10-6-11-19-39/h5-26,28,30-33H,3,27,29H2,1-2,4H3/b50-49-,51-37+. The van der Waals surface area contributed by atoms with Gasteiger partial charge < -0.3 is 0 Å². The zero-order valence-corrected chi connectivity index (χ0v) is 29.6. The smallest absolute Gasteiger partial charge is 0.160 e. The van der Waals surface area contributed by atoms with E-state index in [1.807, 2.05) is 55.5 Å². The van der Waals surface area contributed by atoms with Crippen LogP contribution in [0.5, 0.6) is 0 Å². The highest BCUT2D eigenvalue weighted by molar-refractivity contribution is 6.12. The van der Waals surface area contributed by atoms with E-state index in [1.54, 1.807) is 0 Å². The molecule has 0 radical (unpaired) electrons. The van der Waals surface area contributed by atoms with Crippen LogP contribution in [0.15, 0.2) is 180 Å². The Labute approximate surface area is 302 Å². The first kappa shape index (κ1) is 33.4. The fourth-order valence-electron chi connectivity index (χ4n) is 6.95. The largest absolute Gasteiger partial charge is 0.233 e. The summed E-state index contributed by atoms with van der Waals surface area (Å²) < 4.78 is 0. The minimum atomic E-state index is 0.637. The molecule has 0 N–H and O–H groups in total. The first-order chi connectivity index (χ1) is 25.0. The molecule has 0 fully saturated rings. The third-order valence-corrected chi connectivity index (χ3v) is 9.86. The molecule has 0 saturated heterocycles. The number of benzene rings is 6. The molecule has 0 saturated carbocycles. The van der Waals surface area contributed by atoms with Gasteiger partial charge in [-0.3, -0.25) is 0 Å². The quantitative estimate of drug-likeness (QED) is 0.115. The van der Waals surface area contributed by atoms with Crippen LogP contribution in [0.4, 0.5) is 0 Å². The summed E-state index contributed by atoms with van der Waals surface area (Å²) in [5.74, 6) is 0.637. The van der Waals surface area contributed by atoms with Gasteiger partial charge in [-0.25, -0.2) is 9.98 Å². The van der Waals surface area contributed by atoms with Crippen molar-refractivity contribution in [3.05, 3.63) is 209 Å². The molecule has 1 aliphatic rings. The topological polar surface area (TPSA) is 24.7 Å². The average molecular weight is 659 g/mol. The average Bonchev–Trinajstić information content (AvgIpc) is 3.19. The van der Waals surface area contributed by atoms with E-state index in [4.69, 9.17) is 9.98 Å². The highest BCUT2D eigenvalue weighted by Gasteiger charge is 2.16. The van der Waals surface area contributed by atoms with Crippen molar-refractivity contribution in [3.8, 4) is 22.3 Å². The predicted molar refractivity (Wildman–Crippen MR) is 219 cm³/mol. The highest BCUT2D eigenvalue weighted by Crippen LogP contribution is 2.38. The van der Waals surface area contributed by atoms with Crippen molar-refractivity contribution in [1.29, 1.82) is 0 Å². The molecule has 0 atom stereocenters. The number of aliphatic imine (C=N–C) groups is 2. The molecule has 6 aromatic rings. The fourth-order valence-corrected chi connectivity index (χ4v) is 6.95. The Balaban J connectivity index is 1.20. The van der Waals surface area contributed by atoms with E-state index in [9.17, 15) is 0 Å². The van der Waals surface area contributed by atoms with Crippen LogP contribution >= 0.6 is 0 Å². The van der Waals surface area contributed by atoms with E-state index in [-0.39, 0.29) is 0 Å². The summed E-state index contributed by atoms with van der Waals surface area (Å²) in [6, 6.07) is 53.0. The minimum Gasteiger partial charge on any atom is -0.233 e. The Morgan fingerprint density at radius 3 is 1.57 bits per heavy atom. The maximum atomic E-state index is 5.03. The van der Waals surface area contributed by atoms with Gasteiger partial charge in [-0.05, 0) is 100 Å². The molecule has 0 heterocycles. The third kappa shape index (κ3) is 7.41. The van der Waals surface area contributed by atoms with Crippen LogP contribution in [0.1, 0.15) is 58.7 Å². The van der Waals surface area contributed by atoms with Crippen molar-refractivity contribution >= 4 is 28.4 Å². The van der Waals surface area contributed by atoms with E-state index in [2.05, 4.69) is 136 Å². The van der Waals surface area contributed by atoms with Crippen LogP contribution in [-0.2, 0) is 0 Å². The molecule has 1 aliphatic carbocycles. The number of amidine groups is 1. The maximum absolute atomic E-state index is 5.03. The number of allylic oxidation sites excluding steroid dienone is 4. The van der Waals surface area contributed by atoms with Gasteiger partial charge in [-0.1, -0.05) is 170 Å². The lowest BCUT2D eigenvalue weighted by molar-refractivity contribution is 1.07. The van der Waals surface area contributed by atoms with Crippen LogP contribution in [0.3, 0.4) is 0 Å². The van der Waals surface area contributed by atoms with Crippen LogP contribution in [-0.4, -0.2) is 11.5 Å². The Hall–Kier alpha value is -6.12. The second-order valence-corrected chi connectivity index (χ2v) is 13.1. The molecule has 6 aromatic carbocycles. The van der Waals surface area contributed by atoms with Gasteiger partial charge in [0.1, 0.15) is 0 Å². The maximum Gasteiger partial charge on any atom is 0.160 e. The Morgan fingerprint density at radius 2 is 0.961 bits per heavy atom. The van der Waals surface area contributed by atoms with E-state index in [0.717, 1.165) is 40.8 Å². The normalized spacial score (nSPS) is 13.4. The van der Waals surface area contributed by atoms with E-state index in [1.165, 1.54) is 50.1 Å². The van der Waals surface area contributed by atoms with Crippen LogP contribution < -0.4 is 0 Å². The molecule has 0 spiro atoms. The first-order valence-electron chi connectivity index (χ1n) is 17.7. The van der Waals surface area contributed by atoms with Crippen LogP contribution in [0.25, 0.3) is 39.1 Å². The van der Waals surface area contributed by atoms with Crippen molar-refractivity contribution in [3.63, 3.8) is 0 Å². The van der Waals surface area contributed by atoms with E-state index >= 15 is 0 Å². The lowest BCUT2D eigenvalue weighted by atomic mass is 9.85. The van der Waals surface area contributed by atoms with Gasteiger partial charge in [0.15, 0.2) is 5.84 Å². The van der Waals surface area contributed by atoms with Crippen LogP contribution in [0, 0.1) is 13.8 Å². The molecule has 0 aliphatic heterocycles. The molecule has 7 rings (SSSR count). The summed E-state index contributed by atoms with van der Waals surface area (Å²) in [6.45, 7) is 10.8. The van der Waals surface area contributed by atoms with Gasteiger partial charge in [-0.15, -0.1) is 0 Å². The number of rotatable bonds is 8. The second-order valence-electron chi connectivity index (χ2n) is 13.1. The molecular weight excluding hydrogens is 617 g/mol. The zero-order chi connectivity index (χ0) is 35.2. The van der Waals surface area contributed by atoms with E-state index < -0.39 is 0 Å². The van der Waals surface area contributed by atoms with Gasteiger partial charge in [0.05, 0.1) is 5.70 Å². The summed E-state index contributed by atoms with van der Waals surface area (Å²) in [4.78, 5) is 9.99. The van der Waals surface area contributed by atoms with Gasteiger partial charge in [-0.2, -0.15) is 0 Å². The summed E-state index contributed by atoms with van der Waals surface area (Å²) in [5, 5.41) is 0. The number of hydrogen-bond donors (Lipinski definition) is 0. The number of hydrogen-bond acceptors (Lipinski definition) is 1. The van der Waals surface area contributed by atoms with Crippen molar-refractivity contribution in [2.75, 3.05) is 0 Å². The van der Waals surface area contributed by atoms with Gasteiger partial charge >= 0.3 is 0 Å². The molecule has 51 heavy (non-hydrogen) atoms. The first-order valence-corrected chi connectivity index (χ1v) is 17.7. The van der Waals surface area contributed by atoms with Gasteiger partial charge in [0, 0.05) is 11.3 Å². The van der Waals surface area contributed by atoms with Crippen LogP contribution in [0.2, 0.25) is 0 Å². The predicted octanol–water partition coefficient (Wildman–Crippen LogP) is 12.8. The van der Waals surface area contributed by atoms with Crippen molar-refractivity contribution in [1.82, 2.24) is 0 Å². The number of nitrogens with zero attached hydrogens (tertiary/aromatic N) is 2. The fraction of sp³-hybridized carbons (Fsp3) is 0.102. The minimum absolute atomic E-state index is 0.637. The Kier molecular flexibility index (Phi) is 9.94. The zero-order valence-electron chi connectivity index (χ0n) is 29.6. The molecular formula is C49H42N2. The van der Waals surface area contributed by atoms with Gasteiger partial charge in [0.25, 0.3) is 0 Å². The SMILES string of the molecule is C=C(/N=C(\N=C(/C)c1ccccc1)c1ccc(-c2cccc(-c3cccc(C4=CC=C(c5ccccc5)CC4)c3C)c2C)cc1)c1ccccc1. The second kappa shape index (κ2) is 15.2. The Morgan fingerprint density at radius 1 is 0.451 bits per heavy atom. The van der Waals surface area contributed by atoms with Gasteiger partial charge in [0.2, 0.25) is 0 Å². The molecule has 2 nitrogen and oxygen atoms in total. The molecule has 0 amide bonds. The lowest BCUT2D eigenvalue weighted by Gasteiger charge is -2.20. The molecule has 0 unspecified atom stereocenters. The summed E-state index contributed by atoms with van der Waals surface area (Å²) >= 11 is 0. The highest BCUT2D eigenvalue weighted by atomic mass is 14.9. The molecule has 2 heteroatoms.